The van der Waals surface area contributed by atoms with Gasteiger partial charge >= 0.3 is 0 Å². The van der Waals surface area contributed by atoms with Crippen molar-refractivity contribution >= 4 is 0 Å². The summed E-state index contributed by atoms with van der Waals surface area (Å²) in [5, 5.41) is 13.6. The SMILES string of the molecule is CC(C)CC(O)Cc1nc(-c2ncc[nH]2)no1. The molecule has 0 saturated heterocycles. The molecule has 6 nitrogen and oxygen atoms in total. The fourth-order valence-electron chi connectivity index (χ4n) is 1.65. The van der Waals surface area contributed by atoms with E-state index in [9.17, 15) is 5.11 Å². The largest absolute Gasteiger partial charge is 0.393 e. The number of imidazole rings is 1. The number of H-pyrrole nitrogens is 1. The van der Waals surface area contributed by atoms with E-state index in [1.807, 2.05) is 0 Å². The average Bonchev–Trinajstić information content (AvgIpc) is 2.84. The molecule has 1 unspecified atom stereocenters. The van der Waals surface area contributed by atoms with Crippen LogP contribution in [0.3, 0.4) is 0 Å². The van der Waals surface area contributed by atoms with E-state index < -0.39 is 6.10 Å². The molecule has 0 spiro atoms. The molecule has 2 heterocycles. The summed E-state index contributed by atoms with van der Waals surface area (Å²) in [5.41, 5.74) is 0. The van der Waals surface area contributed by atoms with Gasteiger partial charge in [0.25, 0.3) is 0 Å². The first-order chi connectivity index (χ1) is 8.15. The minimum atomic E-state index is -0.445. The summed E-state index contributed by atoms with van der Waals surface area (Å²) >= 11 is 0. The summed E-state index contributed by atoms with van der Waals surface area (Å²) in [6, 6.07) is 0. The lowest BCUT2D eigenvalue weighted by Gasteiger charge is -2.09. The lowest BCUT2D eigenvalue weighted by molar-refractivity contribution is 0.138. The van der Waals surface area contributed by atoms with Gasteiger partial charge in [0, 0.05) is 12.4 Å². The van der Waals surface area contributed by atoms with Crippen LogP contribution in [0.15, 0.2) is 16.9 Å². The van der Waals surface area contributed by atoms with Crippen molar-refractivity contribution in [1.82, 2.24) is 20.1 Å². The van der Waals surface area contributed by atoms with Crippen LogP contribution in [0.1, 0.15) is 26.2 Å². The first kappa shape index (κ1) is 11.8. The molecule has 2 rings (SSSR count). The second-order valence-corrected chi connectivity index (χ2v) is 4.44. The summed E-state index contributed by atoms with van der Waals surface area (Å²) < 4.78 is 5.06. The molecular weight excluding hydrogens is 220 g/mol. The highest BCUT2D eigenvalue weighted by Gasteiger charge is 2.15. The summed E-state index contributed by atoms with van der Waals surface area (Å²) in [5.74, 6) is 1.86. The van der Waals surface area contributed by atoms with E-state index in [1.165, 1.54) is 0 Å². The second-order valence-electron chi connectivity index (χ2n) is 4.44. The van der Waals surface area contributed by atoms with Gasteiger partial charge in [-0.05, 0) is 12.3 Å². The number of hydrogen-bond donors (Lipinski definition) is 2. The Morgan fingerprint density at radius 1 is 1.47 bits per heavy atom. The van der Waals surface area contributed by atoms with Crippen molar-refractivity contribution in [3.05, 3.63) is 18.3 Å². The maximum atomic E-state index is 9.76. The van der Waals surface area contributed by atoms with Crippen molar-refractivity contribution in [3.63, 3.8) is 0 Å². The van der Waals surface area contributed by atoms with Gasteiger partial charge < -0.3 is 14.6 Å². The molecule has 6 heteroatoms. The number of rotatable bonds is 5. The van der Waals surface area contributed by atoms with Gasteiger partial charge in [-0.1, -0.05) is 19.0 Å². The van der Waals surface area contributed by atoms with Crippen LogP contribution in [-0.2, 0) is 6.42 Å². The summed E-state index contributed by atoms with van der Waals surface area (Å²) in [6.07, 6.45) is 3.97. The zero-order valence-electron chi connectivity index (χ0n) is 9.92. The quantitative estimate of drug-likeness (QED) is 0.819. The molecule has 0 aromatic carbocycles. The van der Waals surface area contributed by atoms with E-state index >= 15 is 0 Å². The summed E-state index contributed by atoms with van der Waals surface area (Å²) in [4.78, 5) is 11.1. The van der Waals surface area contributed by atoms with E-state index in [-0.39, 0.29) is 0 Å². The van der Waals surface area contributed by atoms with Crippen molar-refractivity contribution in [2.45, 2.75) is 32.8 Å². The van der Waals surface area contributed by atoms with Crippen molar-refractivity contribution in [1.29, 1.82) is 0 Å². The third-order valence-electron chi connectivity index (χ3n) is 2.33. The first-order valence-corrected chi connectivity index (χ1v) is 5.65. The number of aliphatic hydroxyl groups excluding tert-OH is 1. The van der Waals surface area contributed by atoms with Gasteiger partial charge in [-0.2, -0.15) is 4.98 Å². The summed E-state index contributed by atoms with van der Waals surface area (Å²) in [6.45, 7) is 4.12. The Balaban J connectivity index is 1.99. The Kier molecular flexibility index (Phi) is 3.53. The molecule has 0 fully saturated rings. The van der Waals surface area contributed by atoms with Crippen LogP contribution >= 0.6 is 0 Å². The van der Waals surface area contributed by atoms with Crippen molar-refractivity contribution in [3.8, 4) is 11.6 Å². The minimum Gasteiger partial charge on any atom is -0.393 e. The number of aromatic amines is 1. The normalized spacial score (nSPS) is 13.2. The van der Waals surface area contributed by atoms with Gasteiger partial charge in [-0.15, -0.1) is 0 Å². The van der Waals surface area contributed by atoms with Gasteiger partial charge in [-0.25, -0.2) is 4.98 Å². The molecule has 2 N–H and O–H groups in total. The molecule has 2 aromatic heterocycles. The number of nitrogens with zero attached hydrogens (tertiary/aromatic N) is 3. The molecule has 0 amide bonds. The number of hydrogen-bond acceptors (Lipinski definition) is 5. The highest BCUT2D eigenvalue weighted by molar-refractivity contribution is 5.40. The monoisotopic (exact) mass is 236 g/mol. The van der Waals surface area contributed by atoms with Crippen LogP contribution in [0.2, 0.25) is 0 Å². The predicted molar refractivity (Wildman–Crippen MR) is 61.0 cm³/mol. The van der Waals surface area contributed by atoms with E-state index in [0.29, 0.717) is 29.9 Å². The predicted octanol–water partition coefficient (Wildman–Crippen LogP) is 1.41. The standard InChI is InChI=1S/C11H16N4O2/c1-7(2)5-8(16)6-9-14-11(15-17-9)10-12-3-4-13-10/h3-4,7-8,16H,5-6H2,1-2H3,(H,12,13). The van der Waals surface area contributed by atoms with E-state index in [4.69, 9.17) is 4.52 Å². The van der Waals surface area contributed by atoms with Crippen molar-refractivity contribution in [2.24, 2.45) is 5.92 Å². The van der Waals surface area contributed by atoms with Gasteiger partial charge in [-0.3, -0.25) is 0 Å². The average molecular weight is 236 g/mol. The molecule has 0 aliphatic heterocycles. The third-order valence-corrected chi connectivity index (χ3v) is 2.33. The van der Waals surface area contributed by atoms with Crippen molar-refractivity contribution < 1.29 is 9.63 Å². The van der Waals surface area contributed by atoms with Crippen LogP contribution in [0, 0.1) is 5.92 Å². The number of nitrogens with one attached hydrogen (secondary N) is 1. The topological polar surface area (TPSA) is 87.8 Å². The first-order valence-electron chi connectivity index (χ1n) is 5.65. The van der Waals surface area contributed by atoms with Crippen LogP contribution in [0.4, 0.5) is 0 Å². The minimum absolute atomic E-state index is 0.381. The molecule has 1 atom stereocenters. The molecule has 17 heavy (non-hydrogen) atoms. The lowest BCUT2D eigenvalue weighted by Crippen LogP contribution is -2.13. The van der Waals surface area contributed by atoms with Crippen LogP contribution in [-0.4, -0.2) is 31.3 Å². The molecular formula is C11H16N4O2. The van der Waals surface area contributed by atoms with Gasteiger partial charge in [0.1, 0.15) is 0 Å². The molecule has 0 bridgehead atoms. The Hall–Kier alpha value is -1.69. The fraction of sp³-hybridized carbons (Fsp3) is 0.545. The van der Waals surface area contributed by atoms with Gasteiger partial charge in [0.15, 0.2) is 5.82 Å². The molecule has 0 radical (unpaired) electrons. The lowest BCUT2D eigenvalue weighted by atomic mass is 10.0. The Labute approximate surface area is 99.1 Å². The third kappa shape index (κ3) is 3.13. The Morgan fingerprint density at radius 2 is 2.29 bits per heavy atom. The fourth-order valence-corrected chi connectivity index (χ4v) is 1.65. The summed E-state index contributed by atoms with van der Waals surface area (Å²) in [7, 11) is 0. The van der Waals surface area contributed by atoms with E-state index in [2.05, 4.69) is 34.0 Å². The Bertz CT molecular complexity index is 450. The maximum Gasteiger partial charge on any atom is 0.238 e. The highest BCUT2D eigenvalue weighted by atomic mass is 16.5. The van der Waals surface area contributed by atoms with Crippen LogP contribution in [0.5, 0.6) is 0 Å². The molecule has 0 saturated carbocycles. The molecule has 2 aromatic rings. The maximum absolute atomic E-state index is 9.76. The molecule has 0 aliphatic rings. The van der Waals surface area contributed by atoms with Crippen LogP contribution in [0.25, 0.3) is 11.6 Å². The number of aromatic nitrogens is 4. The number of aliphatic hydroxyl groups is 1. The zero-order chi connectivity index (χ0) is 12.3. The van der Waals surface area contributed by atoms with Gasteiger partial charge in [0.2, 0.25) is 11.7 Å². The van der Waals surface area contributed by atoms with E-state index in [1.54, 1.807) is 12.4 Å². The molecule has 0 aliphatic carbocycles. The smallest absolute Gasteiger partial charge is 0.238 e. The Morgan fingerprint density at radius 3 is 2.94 bits per heavy atom. The highest BCUT2D eigenvalue weighted by Crippen LogP contribution is 2.13. The van der Waals surface area contributed by atoms with E-state index in [0.717, 1.165) is 6.42 Å². The van der Waals surface area contributed by atoms with Crippen molar-refractivity contribution in [2.75, 3.05) is 0 Å². The second kappa shape index (κ2) is 5.09. The zero-order valence-corrected chi connectivity index (χ0v) is 9.92. The molecule has 92 valence electrons. The van der Waals surface area contributed by atoms with Gasteiger partial charge in [0.05, 0.1) is 12.5 Å². The van der Waals surface area contributed by atoms with Crippen LogP contribution < -0.4 is 0 Å².